The molecule has 0 saturated carbocycles. The Bertz CT molecular complexity index is 4550. The van der Waals surface area contributed by atoms with Crippen LogP contribution in [0.5, 0.6) is 0 Å². The van der Waals surface area contributed by atoms with Crippen molar-refractivity contribution in [3.8, 4) is 62.1 Å². The minimum absolute atomic E-state index is 0.570. The summed E-state index contributed by atoms with van der Waals surface area (Å²) in [5, 5.41) is 9.13. The summed E-state index contributed by atoms with van der Waals surface area (Å²) in [7, 11) is 0. The summed E-state index contributed by atoms with van der Waals surface area (Å²) in [4.78, 5) is 15.6. The molecule has 0 bridgehead atoms. The van der Waals surface area contributed by atoms with Gasteiger partial charge in [-0.1, -0.05) is 170 Å². The van der Waals surface area contributed by atoms with E-state index in [2.05, 4.69) is 168 Å². The fourth-order valence-electron chi connectivity index (χ4n) is 10.7. The maximum atomic E-state index is 6.65. The smallest absolute Gasteiger partial charge is 0.164 e. The molecule has 70 heavy (non-hydrogen) atoms. The van der Waals surface area contributed by atoms with Crippen molar-refractivity contribution >= 4 is 97.2 Å². The first-order valence-electron chi connectivity index (χ1n) is 23.4. The molecule has 5 aromatic heterocycles. The lowest BCUT2D eigenvalue weighted by molar-refractivity contribution is 0.669. The van der Waals surface area contributed by atoms with Crippen LogP contribution in [0.25, 0.3) is 148 Å². The van der Waals surface area contributed by atoms with Crippen LogP contribution in [0.4, 0.5) is 0 Å². The van der Waals surface area contributed by atoms with E-state index in [1.165, 1.54) is 53.2 Å². The van der Waals surface area contributed by atoms with E-state index in [1.54, 1.807) is 0 Å². The summed E-state index contributed by atoms with van der Waals surface area (Å²) in [6, 6.07) is 76.6. The highest BCUT2D eigenvalue weighted by Gasteiger charge is 2.22. The third-order valence-corrected chi connectivity index (χ3v) is 15.1. The summed E-state index contributed by atoms with van der Waals surface area (Å²) in [5.41, 5.74) is 13.9. The molecule has 326 valence electrons. The number of rotatable bonds is 6. The minimum Gasteiger partial charge on any atom is -0.456 e. The zero-order valence-electron chi connectivity index (χ0n) is 37.3. The summed E-state index contributed by atoms with van der Waals surface area (Å²) in [6.07, 6.45) is 0. The van der Waals surface area contributed by atoms with Crippen molar-refractivity contribution in [1.29, 1.82) is 0 Å². The number of para-hydroxylation sites is 4. The van der Waals surface area contributed by atoms with Crippen molar-refractivity contribution in [2.45, 2.75) is 0 Å². The first kappa shape index (κ1) is 38.9. The quantitative estimate of drug-likeness (QED) is 0.166. The lowest BCUT2D eigenvalue weighted by atomic mass is 9.96. The van der Waals surface area contributed by atoms with Gasteiger partial charge in [0.25, 0.3) is 0 Å². The number of benzene rings is 10. The molecule has 15 aromatic rings. The van der Waals surface area contributed by atoms with E-state index in [1.807, 2.05) is 65.9 Å². The van der Waals surface area contributed by atoms with E-state index in [4.69, 9.17) is 23.8 Å². The average Bonchev–Trinajstić information content (AvgIpc) is 4.20. The first-order chi connectivity index (χ1) is 34.7. The highest BCUT2D eigenvalue weighted by atomic mass is 32.1. The maximum absolute atomic E-state index is 6.65. The lowest BCUT2D eigenvalue weighted by Gasteiger charge is -2.13. The fraction of sp³-hybridized carbons (Fsp3) is 0. The standard InChI is InChI=1S/C63H36N4O2S/c1-2-14-38(15-3-1)61-64-62(39-30-28-37(29-31-39)42-20-12-21-46-45-18-6-10-25-53(45)69-59(42)46)66-63(65-61)48-22-13-26-55-57(48)49-36-40(32-35-54(49)68-55)41-33-34-52(60-58(41)47-19-7-11-27-56(47)70-60)67-50-23-8-4-16-43(50)44-17-5-9-24-51(44)67/h1-36H. The van der Waals surface area contributed by atoms with Crippen LogP contribution in [-0.4, -0.2) is 19.5 Å². The van der Waals surface area contributed by atoms with Crippen LogP contribution in [0.1, 0.15) is 0 Å². The van der Waals surface area contributed by atoms with Gasteiger partial charge in [-0.2, -0.15) is 0 Å². The van der Waals surface area contributed by atoms with Gasteiger partial charge in [-0.05, 0) is 65.2 Å². The second kappa shape index (κ2) is 15.2. The molecule has 0 spiro atoms. The van der Waals surface area contributed by atoms with Crippen LogP contribution in [0.15, 0.2) is 227 Å². The van der Waals surface area contributed by atoms with Crippen LogP contribution in [0.2, 0.25) is 0 Å². The molecule has 7 heteroatoms. The molecule has 15 rings (SSSR count). The largest absolute Gasteiger partial charge is 0.456 e. The van der Waals surface area contributed by atoms with Gasteiger partial charge in [-0.15, -0.1) is 11.3 Å². The van der Waals surface area contributed by atoms with E-state index in [0.29, 0.717) is 17.5 Å². The van der Waals surface area contributed by atoms with Gasteiger partial charge in [0.2, 0.25) is 0 Å². The Morgan fingerprint density at radius 2 is 0.929 bits per heavy atom. The zero-order chi connectivity index (χ0) is 45.9. The molecule has 0 atom stereocenters. The molecule has 0 aliphatic rings. The van der Waals surface area contributed by atoms with Gasteiger partial charge < -0.3 is 13.4 Å². The number of nitrogens with zero attached hydrogens (tertiary/aromatic N) is 4. The van der Waals surface area contributed by atoms with Crippen molar-refractivity contribution in [3.63, 3.8) is 0 Å². The normalized spacial score (nSPS) is 12.0. The van der Waals surface area contributed by atoms with Gasteiger partial charge in [0.1, 0.15) is 22.3 Å². The molecule has 6 nitrogen and oxygen atoms in total. The van der Waals surface area contributed by atoms with Gasteiger partial charge in [-0.25, -0.2) is 15.0 Å². The third kappa shape index (κ3) is 5.89. The zero-order valence-corrected chi connectivity index (χ0v) is 38.1. The number of thiophene rings is 1. The summed E-state index contributed by atoms with van der Waals surface area (Å²) >= 11 is 1.85. The van der Waals surface area contributed by atoms with Crippen LogP contribution in [0, 0.1) is 0 Å². The van der Waals surface area contributed by atoms with Crippen molar-refractivity contribution in [1.82, 2.24) is 19.5 Å². The van der Waals surface area contributed by atoms with Crippen molar-refractivity contribution in [2.24, 2.45) is 0 Å². The van der Waals surface area contributed by atoms with Gasteiger partial charge in [0.15, 0.2) is 17.5 Å². The minimum atomic E-state index is 0.570. The highest BCUT2D eigenvalue weighted by molar-refractivity contribution is 7.26. The molecule has 0 amide bonds. The predicted octanol–water partition coefficient (Wildman–Crippen LogP) is 17.5. The Kier molecular flexibility index (Phi) is 8.43. The fourth-order valence-corrected chi connectivity index (χ4v) is 11.9. The number of fused-ring (bicyclic) bond motifs is 12. The van der Waals surface area contributed by atoms with E-state index >= 15 is 0 Å². The number of aromatic nitrogens is 4. The topological polar surface area (TPSA) is 69.9 Å². The molecule has 10 aromatic carbocycles. The average molecular weight is 913 g/mol. The Hall–Kier alpha value is -9.17. The van der Waals surface area contributed by atoms with E-state index < -0.39 is 0 Å². The molecular weight excluding hydrogens is 877 g/mol. The molecule has 0 aliphatic carbocycles. The summed E-state index contributed by atoms with van der Waals surface area (Å²) < 4.78 is 18.0. The summed E-state index contributed by atoms with van der Waals surface area (Å²) in [5.74, 6) is 1.75. The second-order valence-corrected chi connectivity index (χ2v) is 18.9. The molecule has 0 N–H and O–H groups in total. The van der Waals surface area contributed by atoms with Crippen LogP contribution < -0.4 is 0 Å². The van der Waals surface area contributed by atoms with Gasteiger partial charge in [0.05, 0.1) is 21.4 Å². The number of hydrogen-bond donors (Lipinski definition) is 0. The molecule has 5 heterocycles. The van der Waals surface area contributed by atoms with E-state index in [9.17, 15) is 0 Å². The highest BCUT2D eigenvalue weighted by Crippen LogP contribution is 2.47. The van der Waals surface area contributed by atoms with Crippen LogP contribution >= 0.6 is 11.3 Å². The summed E-state index contributed by atoms with van der Waals surface area (Å²) in [6.45, 7) is 0. The first-order valence-corrected chi connectivity index (χ1v) is 24.2. The second-order valence-electron chi connectivity index (χ2n) is 17.8. The SMILES string of the molecule is c1ccc(-c2nc(-c3ccc(-c4cccc5c4oc4ccccc45)cc3)nc(-c3cccc4oc5ccc(-c6ccc(-n7c8ccccc8c8ccccc87)c7sc8ccccc8c67)cc5c34)n2)cc1. The molecule has 0 unspecified atom stereocenters. The molecular formula is C63H36N4O2S. The van der Waals surface area contributed by atoms with Gasteiger partial charge >= 0.3 is 0 Å². The van der Waals surface area contributed by atoms with Crippen molar-refractivity contribution in [2.75, 3.05) is 0 Å². The molecule has 0 aliphatic heterocycles. The number of hydrogen-bond acceptors (Lipinski definition) is 6. The van der Waals surface area contributed by atoms with Crippen molar-refractivity contribution in [3.05, 3.63) is 218 Å². The predicted molar refractivity (Wildman–Crippen MR) is 289 cm³/mol. The Labute approximate surface area is 404 Å². The van der Waals surface area contributed by atoms with Crippen molar-refractivity contribution < 1.29 is 8.83 Å². The molecule has 0 saturated heterocycles. The monoisotopic (exact) mass is 912 g/mol. The van der Waals surface area contributed by atoms with E-state index in [0.717, 1.165) is 77.3 Å². The molecule has 0 fully saturated rings. The Morgan fingerprint density at radius 3 is 1.73 bits per heavy atom. The Balaban J connectivity index is 0.893. The third-order valence-electron chi connectivity index (χ3n) is 13.9. The number of furan rings is 2. The van der Waals surface area contributed by atoms with Crippen LogP contribution in [-0.2, 0) is 0 Å². The van der Waals surface area contributed by atoms with Gasteiger partial charge in [0, 0.05) is 70.0 Å². The molecule has 0 radical (unpaired) electrons. The van der Waals surface area contributed by atoms with E-state index in [-0.39, 0.29) is 0 Å². The Morgan fingerprint density at radius 1 is 0.343 bits per heavy atom. The maximum Gasteiger partial charge on any atom is 0.164 e. The van der Waals surface area contributed by atoms with Gasteiger partial charge in [-0.3, -0.25) is 0 Å². The van der Waals surface area contributed by atoms with Crippen LogP contribution in [0.3, 0.4) is 0 Å². The lowest BCUT2D eigenvalue weighted by Crippen LogP contribution is -2.00.